The number of hydrogen-bond donors (Lipinski definition) is 1. The lowest BCUT2D eigenvalue weighted by Crippen LogP contribution is -1.91. The van der Waals surface area contributed by atoms with Gasteiger partial charge in [-0.2, -0.15) is 0 Å². The zero-order valence-corrected chi connectivity index (χ0v) is 13.1. The summed E-state index contributed by atoms with van der Waals surface area (Å²) in [4.78, 5) is 7.47. The summed E-state index contributed by atoms with van der Waals surface area (Å²) in [7, 11) is 0. The van der Waals surface area contributed by atoms with Gasteiger partial charge in [0.15, 0.2) is 4.77 Å². The third-order valence-electron chi connectivity index (χ3n) is 3.04. The first kappa shape index (κ1) is 14.3. The highest BCUT2D eigenvalue weighted by Gasteiger charge is 2.05. The Morgan fingerprint density at radius 1 is 0.810 bits per heavy atom. The minimum atomic E-state index is 0.437. The summed E-state index contributed by atoms with van der Waals surface area (Å²) < 4.78 is 0.437. The Hall–Kier alpha value is -1.68. The maximum atomic E-state index is 5.92. The summed E-state index contributed by atoms with van der Waals surface area (Å²) in [5.41, 5.74) is 3.68. The van der Waals surface area contributed by atoms with Crippen LogP contribution in [0, 0.1) is 4.77 Å². The van der Waals surface area contributed by atoms with E-state index in [0.29, 0.717) is 14.8 Å². The Morgan fingerprint density at radius 3 is 1.90 bits per heavy atom. The molecular weight excluding hydrogens is 323 g/mol. The molecule has 0 bridgehead atoms. The van der Waals surface area contributed by atoms with Crippen LogP contribution >= 0.6 is 35.4 Å². The molecule has 2 nitrogen and oxygen atoms in total. The average Bonchev–Trinajstić information content (AvgIpc) is 2.48. The first-order valence-corrected chi connectivity index (χ1v) is 7.41. The number of aromatic amines is 1. The molecule has 104 valence electrons. The van der Waals surface area contributed by atoms with E-state index in [9.17, 15) is 0 Å². The van der Waals surface area contributed by atoms with Crippen LogP contribution in [0.5, 0.6) is 0 Å². The molecule has 1 N–H and O–H groups in total. The molecule has 3 aromatic rings. The normalized spacial score (nSPS) is 10.6. The Bertz CT molecular complexity index is 757. The highest BCUT2D eigenvalue weighted by molar-refractivity contribution is 7.71. The van der Waals surface area contributed by atoms with E-state index in [1.165, 1.54) is 0 Å². The first-order chi connectivity index (χ1) is 10.1. The number of aromatic nitrogens is 2. The largest absolute Gasteiger partial charge is 0.330 e. The van der Waals surface area contributed by atoms with Gasteiger partial charge in [0.05, 0.1) is 5.69 Å². The number of rotatable bonds is 2. The molecule has 0 spiro atoms. The fraction of sp³-hybridized carbons (Fsp3) is 0. The number of H-pyrrole nitrogens is 1. The van der Waals surface area contributed by atoms with E-state index in [4.69, 9.17) is 35.4 Å². The van der Waals surface area contributed by atoms with Crippen LogP contribution in [0.2, 0.25) is 10.0 Å². The van der Waals surface area contributed by atoms with Crippen LogP contribution in [-0.2, 0) is 0 Å². The SMILES string of the molecule is S=c1nc(-c2ccc(Cl)cc2)cc(-c2ccc(Cl)cc2)[nH]1. The summed E-state index contributed by atoms with van der Waals surface area (Å²) in [5, 5.41) is 1.39. The quantitative estimate of drug-likeness (QED) is 0.602. The van der Waals surface area contributed by atoms with Gasteiger partial charge in [-0.25, -0.2) is 4.98 Å². The zero-order chi connectivity index (χ0) is 14.8. The van der Waals surface area contributed by atoms with Gasteiger partial charge in [0.1, 0.15) is 0 Å². The van der Waals surface area contributed by atoms with Gasteiger partial charge in [0.25, 0.3) is 0 Å². The molecular formula is C16H10Cl2N2S. The van der Waals surface area contributed by atoms with E-state index in [1.54, 1.807) is 0 Å². The smallest absolute Gasteiger partial charge is 0.197 e. The summed E-state index contributed by atoms with van der Waals surface area (Å²) in [6.45, 7) is 0. The number of halogens is 2. The van der Waals surface area contributed by atoms with Gasteiger partial charge in [-0.3, -0.25) is 0 Å². The molecule has 0 unspecified atom stereocenters. The van der Waals surface area contributed by atoms with Crippen molar-refractivity contribution in [3.63, 3.8) is 0 Å². The van der Waals surface area contributed by atoms with Crippen molar-refractivity contribution in [3.05, 3.63) is 69.4 Å². The molecule has 0 aliphatic heterocycles. The van der Waals surface area contributed by atoms with E-state index >= 15 is 0 Å². The second kappa shape index (κ2) is 5.98. The van der Waals surface area contributed by atoms with Gasteiger partial charge in [-0.05, 0) is 48.1 Å². The molecule has 0 aliphatic rings. The van der Waals surface area contributed by atoms with Crippen molar-refractivity contribution in [2.45, 2.75) is 0 Å². The summed E-state index contributed by atoms with van der Waals surface area (Å²) in [6, 6.07) is 17.0. The molecule has 2 aromatic carbocycles. The maximum absolute atomic E-state index is 5.92. The molecule has 3 rings (SSSR count). The Labute approximate surface area is 137 Å². The summed E-state index contributed by atoms with van der Waals surface area (Å²) >= 11 is 17.0. The third kappa shape index (κ3) is 3.32. The van der Waals surface area contributed by atoms with Crippen molar-refractivity contribution in [1.82, 2.24) is 9.97 Å². The molecule has 1 heterocycles. The Balaban J connectivity index is 2.10. The summed E-state index contributed by atoms with van der Waals surface area (Å²) in [5.74, 6) is 0. The van der Waals surface area contributed by atoms with Gasteiger partial charge in [-0.15, -0.1) is 0 Å². The van der Waals surface area contributed by atoms with Crippen molar-refractivity contribution in [3.8, 4) is 22.5 Å². The lowest BCUT2D eigenvalue weighted by Gasteiger charge is -2.06. The van der Waals surface area contributed by atoms with Crippen LogP contribution in [0.15, 0.2) is 54.6 Å². The van der Waals surface area contributed by atoms with Gasteiger partial charge in [0.2, 0.25) is 0 Å². The van der Waals surface area contributed by atoms with E-state index < -0.39 is 0 Å². The van der Waals surface area contributed by atoms with Crippen LogP contribution in [0.4, 0.5) is 0 Å². The second-order valence-electron chi connectivity index (χ2n) is 4.50. The molecule has 0 radical (unpaired) electrons. The van der Waals surface area contributed by atoms with Crippen molar-refractivity contribution in [2.24, 2.45) is 0 Å². The molecule has 0 atom stereocenters. The number of hydrogen-bond acceptors (Lipinski definition) is 2. The van der Waals surface area contributed by atoms with Crippen LogP contribution in [0.1, 0.15) is 0 Å². The molecule has 1 aromatic heterocycles. The number of benzene rings is 2. The van der Waals surface area contributed by atoms with Gasteiger partial charge >= 0.3 is 0 Å². The number of nitrogens with one attached hydrogen (secondary N) is 1. The molecule has 0 amide bonds. The standard InChI is InChI=1S/C16H10Cl2N2S/c17-12-5-1-10(2-6-12)14-9-15(20-16(21)19-14)11-3-7-13(18)8-4-11/h1-9H,(H,19,20,21). The van der Waals surface area contributed by atoms with Crippen molar-refractivity contribution >= 4 is 35.4 Å². The lowest BCUT2D eigenvalue weighted by atomic mass is 10.1. The van der Waals surface area contributed by atoms with Crippen LogP contribution < -0.4 is 0 Å². The first-order valence-electron chi connectivity index (χ1n) is 6.25. The number of nitrogens with zero attached hydrogens (tertiary/aromatic N) is 1. The van der Waals surface area contributed by atoms with Gasteiger partial charge in [-0.1, -0.05) is 47.5 Å². The molecule has 0 saturated heterocycles. The molecule has 21 heavy (non-hydrogen) atoms. The van der Waals surface area contributed by atoms with Crippen molar-refractivity contribution in [1.29, 1.82) is 0 Å². The predicted octanol–water partition coefficient (Wildman–Crippen LogP) is 5.78. The Kier molecular flexibility index (Phi) is 4.06. The Morgan fingerprint density at radius 2 is 1.33 bits per heavy atom. The zero-order valence-electron chi connectivity index (χ0n) is 10.8. The van der Waals surface area contributed by atoms with E-state index in [1.807, 2.05) is 54.6 Å². The fourth-order valence-electron chi connectivity index (χ4n) is 2.01. The van der Waals surface area contributed by atoms with Gasteiger partial charge < -0.3 is 4.98 Å². The third-order valence-corrected chi connectivity index (χ3v) is 3.74. The van der Waals surface area contributed by atoms with Crippen LogP contribution in [0.3, 0.4) is 0 Å². The van der Waals surface area contributed by atoms with Crippen molar-refractivity contribution in [2.75, 3.05) is 0 Å². The molecule has 5 heteroatoms. The minimum absolute atomic E-state index is 0.437. The van der Waals surface area contributed by atoms with E-state index in [-0.39, 0.29) is 0 Å². The predicted molar refractivity (Wildman–Crippen MR) is 90.3 cm³/mol. The van der Waals surface area contributed by atoms with E-state index in [0.717, 1.165) is 22.5 Å². The topological polar surface area (TPSA) is 28.7 Å². The highest BCUT2D eigenvalue weighted by atomic mass is 35.5. The lowest BCUT2D eigenvalue weighted by molar-refractivity contribution is 1.14. The van der Waals surface area contributed by atoms with Gasteiger partial charge in [0, 0.05) is 21.3 Å². The van der Waals surface area contributed by atoms with Crippen LogP contribution in [-0.4, -0.2) is 9.97 Å². The van der Waals surface area contributed by atoms with E-state index in [2.05, 4.69) is 9.97 Å². The maximum Gasteiger partial charge on any atom is 0.197 e. The molecule has 0 aliphatic carbocycles. The second-order valence-corrected chi connectivity index (χ2v) is 5.76. The molecule has 0 saturated carbocycles. The van der Waals surface area contributed by atoms with Crippen LogP contribution in [0.25, 0.3) is 22.5 Å². The average molecular weight is 333 g/mol. The molecule has 0 fully saturated rings. The minimum Gasteiger partial charge on any atom is -0.330 e. The summed E-state index contributed by atoms with van der Waals surface area (Å²) in [6.07, 6.45) is 0. The fourth-order valence-corrected chi connectivity index (χ4v) is 2.47. The highest BCUT2D eigenvalue weighted by Crippen LogP contribution is 2.25. The van der Waals surface area contributed by atoms with Crippen molar-refractivity contribution < 1.29 is 0 Å². The monoisotopic (exact) mass is 332 g/mol.